The van der Waals surface area contributed by atoms with E-state index in [-0.39, 0.29) is 6.03 Å². The van der Waals surface area contributed by atoms with Crippen molar-refractivity contribution in [2.24, 2.45) is 0 Å². The molecule has 0 saturated heterocycles. The molecule has 128 valence electrons. The monoisotopic (exact) mass is 336 g/mol. The number of amides is 2. The van der Waals surface area contributed by atoms with Gasteiger partial charge < -0.3 is 10.6 Å². The van der Waals surface area contributed by atoms with Crippen molar-refractivity contribution in [3.05, 3.63) is 59.4 Å². The van der Waals surface area contributed by atoms with Crippen LogP contribution in [0.5, 0.6) is 0 Å². The molecule has 0 spiro atoms. The lowest BCUT2D eigenvalue weighted by Crippen LogP contribution is -2.20. The fraction of sp³-hybridized carbons (Fsp3) is 0.222. The number of rotatable bonds is 3. The van der Waals surface area contributed by atoms with Gasteiger partial charge in [-0.3, -0.25) is 4.57 Å². The third-order valence-corrected chi connectivity index (χ3v) is 3.88. The molecule has 0 saturated carbocycles. The summed E-state index contributed by atoms with van der Waals surface area (Å²) in [7, 11) is 0. The predicted molar refractivity (Wildman–Crippen MR) is 97.2 cm³/mol. The molecule has 2 heterocycles. The van der Waals surface area contributed by atoms with E-state index in [9.17, 15) is 4.79 Å². The van der Waals surface area contributed by atoms with Crippen LogP contribution in [-0.4, -0.2) is 25.6 Å². The molecule has 0 unspecified atom stereocenters. The molecule has 0 aliphatic heterocycles. The summed E-state index contributed by atoms with van der Waals surface area (Å²) >= 11 is 0. The van der Waals surface area contributed by atoms with E-state index in [1.54, 1.807) is 12.4 Å². The lowest BCUT2D eigenvalue weighted by molar-refractivity contribution is 0.262. The summed E-state index contributed by atoms with van der Waals surface area (Å²) in [5.74, 6) is 1.35. The van der Waals surface area contributed by atoms with Crippen molar-refractivity contribution in [3.8, 4) is 5.95 Å². The van der Waals surface area contributed by atoms with Crippen LogP contribution in [0.3, 0.4) is 0 Å². The summed E-state index contributed by atoms with van der Waals surface area (Å²) < 4.78 is 1.88. The van der Waals surface area contributed by atoms with Gasteiger partial charge in [0.25, 0.3) is 0 Å². The summed E-state index contributed by atoms with van der Waals surface area (Å²) in [5, 5.41) is 5.50. The van der Waals surface area contributed by atoms with E-state index < -0.39 is 0 Å². The Labute approximate surface area is 146 Å². The van der Waals surface area contributed by atoms with Gasteiger partial charge in [0.05, 0.1) is 23.8 Å². The summed E-state index contributed by atoms with van der Waals surface area (Å²) in [5.41, 5.74) is 4.26. The fourth-order valence-electron chi connectivity index (χ4n) is 2.59. The van der Waals surface area contributed by atoms with E-state index >= 15 is 0 Å². The van der Waals surface area contributed by atoms with E-state index in [4.69, 9.17) is 0 Å². The zero-order valence-corrected chi connectivity index (χ0v) is 14.7. The van der Waals surface area contributed by atoms with Gasteiger partial charge >= 0.3 is 6.03 Å². The van der Waals surface area contributed by atoms with Crippen molar-refractivity contribution >= 4 is 17.4 Å². The van der Waals surface area contributed by atoms with E-state index in [0.29, 0.717) is 11.6 Å². The van der Waals surface area contributed by atoms with Gasteiger partial charge in [-0.25, -0.2) is 19.7 Å². The Hall–Kier alpha value is -3.22. The molecule has 0 aliphatic rings. The minimum atomic E-state index is -0.340. The van der Waals surface area contributed by atoms with Gasteiger partial charge in [-0.2, -0.15) is 0 Å². The van der Waals surface area contributed by atoms with Crippen LogP contribution >= 0.6 is 0 Å². The maximum atomic E-state index is 12.1. The van der Waals surface area contributed by atoms with Crippen LogP contribution in [-0.2, 0) is 0 Å². The first-order valence-corrected chi connectivity index (χ1v) is 7.93. The highest BCUT2D eigenvalue weighted by atomic mass is 16.2. The molecule has 1 aromatic carbocycles. The van der Waals surface area contributed by atoms with Crippen LogP contribution in [0.25, 0.3) is 5.95 Å². The number of carbonyl (C=O) groups excluding carboxylic acids is 1. The number of nitrogens with one attached hydrogen (secondary N) is 2. The van der Waals surface area contributed by atoms with Crippen LogP contribution < -0.4 is 10.6 Å². The number of hydrogen-bond donors (Lipinski definition) is 2. The van der Waals surface area contributed by atoms with Gasteiger partial charge in [-0.05, 0) is 45.4 Å². The number of hydrogen-bond acceptors (Lipinski definition) is 4. The molecule has 25 heavy (non-hydrogen) atoms. The highest BCUT2D eigenvalue weighted by molar-refractivity contribution is 5.99. The van der Waals surface area contributed by atoms with Gasteiger partial charge in [0.15, 0.2) is 0 Å². The van der Waals surface area contributed by atoms with Crippen molar-refractivity contribution in [3.63, 3.8) is 0 Å². The second-order valence-corrected chi connectivity index (χ2v) is 5.89. The third kappa shape index (κ3) is 3.65. The number of anilines is 2. The van der Waals surface area contributed by atoms with Crippen LogP contribution in [0.15, 0.2) is 36.7 Å². The van der Waals surface area contributed by atoms with Crippen LogP contribution in [0, 0.1) is 27.7 Å². The highest BCUT2D eigenvalue weighted by Gasteiger charge is 2.12. The molecule has 2 N–H and O–H groups in total. The summed E-state index contributed by atoms with van der Waals surface area (Å²) in [6.07, 6.45) is 3.15. The molecule has 2 amide bonds. The summed E-state index contributed by atoms with van der Waals surface area (Å²) in [4.78, 5) is 25.1. The predicted octanol–water partition coefficient (Wildman–Crippen LogP) is 3.54. The maximum absolute atomic E-state index is 12.1. The van der Waals surface area contributed by atoms with Crippen LogP contribution in [0.4, 0.5) is 16.2 Å². The number of aryl methyl sites for hydroxylation is 3. The highest BCUT2D eigenvalue weighted by Crippen LogP contribution is 2.15. The van der Waals surface area contributed by atoms with Crippen molar-refractivity contribution in [1.29, 1.82) is 0 Å². The molecular formula is C18H20N6O. The number of imidazole rings is 1. The molecule has 0 aliphatic carbocycles. The lowest BCUT2D eigenvalue weighted by Gasteiger charge is -2.09. The van der Waals surface area contributed by atoms with Crippen molar-refractivity contribution < 1.29 is 4.79 Å². The molecule has 3 aromatic rings. The third-order valence-electron chi connectivity index (χ3n) is 3.88. The first-order chi connectivity index (χ1) is 11.9. The number of carbonyl (C=O) groups is 1. The van der Waals surface area contributed by atoms with E-state index in [2.05, 4.69) is 25.6 Å². The Morgan fingerprint density at radius 3 is 2.28 bits per heavy atom. The van der Waals surface area contributed by atoms with Gasteiger partial charge in [0, 0.05) is 11.4 Å². The molecular weight excluding hydrogens is 316 g/mol. The number of nitrogens with zero attached hydrogens (tertiary/aromatic N) is 4. The van der Waals surface area contributed by atoms with Crippen molar-refractivity contribution in [2.45, 2.75) is 27.7 Å². The summed E-state index contributed by atoms with van der Waals surface area (Å²) in [6, 6.07) is 7.25. The van der Waals surface area contributed by atoms with E-state index in [1.807, 2.05) is 56.5 Å². The second-order valence-electron chi connectivity index (χ2n) is 5.89. The fourth-order valence-corrected chi connectivity index (χ4v) is 2.59. The average Bonchev–Trinajstić information content (AvgIpc) is 2.81. The average molecular weight is 336 g/mol. The number of aromatic nitrogens is 4. The Kier molecular flexibility index (Phi) is 4.47. The van der Waals surface area contributed by atoms with Crippen LogP contribution in [0.2, 0.25) is 0 Å². The first kappa shape index (κ1) is 16.6. The van der Waals surface area contributed by atoms with Gasteiger partial charge in [0.1, 0.15) is 5.82 Å². The number of urea groups is 1. The largest absolute Gasteiger partial charge is 0.323 e. The van der Waals surface area contributed by atoms with E-state index in [0.717, 1.165) is 28.5 Å². The SMILES string of the molecule is Cc1cccc(NC(=O)Nc2cnc(-n3c(C)nc(C)c3C)nc2)c1. The van der Waals surface area contributed by atoms with Crippen molar-refractivity contribution in [1.82, 2.24) is 19.5 Å². The molecule has 2 aromatic heterocycles. The Morgan fingerprint density at radius 1 is 1.00 bits per heavy atom. The van der Waals surface area contributed by atoms with Gasteiger partial charge in [-0.1, -0.05) is 12.1 Å². The standard InChI is InChI=1S/C18H20N6O/c1-11-6-5-7-15(8-11)22-18(25)23-16-9-19-17(20-10-16)24-13(3)12(2)21-14(24)4/h5-10H,1-4H3,(H2,22,23,25). The topological polar surface area (TPSA) is 84.7 Å². The molecule has 0 fully saturated rings. The van der Waals surface area contributed by atoms with Crippen LogP contribution in [0.1, 0.15) is 22.8 Å². The normalized spacial score (nSPS) is 10.6. The molecule has 3 rings (SSSR count). The van der Waals surface area contributed by atoms with Crippen molar-refractivity contribution in [2.75, 3.05) is 10.6 Å². The quantitative estimate of drug-likeness (QED) is 0.766. The van der Waals surface area contributed by atoms with E-state index in [1.165, 1.54) is 0 Å². The van der Waals surface area contributed by atoms with Gasteiger partial charge in [0.2, 0.25) is 5.95 Å². The Morgan fingerprint density at radius 2 is 1.68 bits per heavy atom. The zero-order chi connectivity index (χ0) is 18.0. The molecule has 7 nitrogen and oxygen atoms in total. The molecule has 0 bridgehead atoms. The maximum Gasteiger partial charge on any atom is 0.323 e. The minimum absolute atomic E-state index is 0.340. The Bertz CT molecular complexity index is 914. The second kappa shape index (κ2) is 6.72. The molecule has 7 heteroatoms. The zero-order valence-electron chi connectivity index (χ0n) is 14.7. The lowest BCUT2D eigenvalue weighted by atomic mass is 10.2. The number of benzene rings is 1. The summed E-state index contributed by atoms with van der Waals surface area (Å²) in [6.45, 7) is 7.80. The first-order valence-electron chi connectivity index (χ1n) is 7.93. The smallest absolute Gasteiger partial charge is 0.308 e. The molecule has 0 radical (unpaired) electrons. The Balaban J connectivity index is 1.71. The minimum Gasteiger partial charge on any atom is -0.308 e. The van der Waals surface area contributed by atoms with Gasteiger partial charge in [-0.15, -0.1) is 0 Å². The molecule has 0 atom stereocenters.